The molecule has 0 bridgehead atoms. The Morgan fingerprint density at radius 3 is 2.40 bits per heavy atom. The first-order valence-corrected chi connectivity index (χ1v) is 4.85. The SMILES string of the molecule is CCCCNC(=O)NC(=O)CCC(=O)O. The van der Waals surface area contributed by atoms with Gasteiger partial charge in [0.05, 0.1) is 6.42 Å². The van der Waals surface area contributed by atoms with E-state index in [1.54, 1.807) is 0 Å². The maximum atomic E-state index is 11.0. The number of carbonyl (C=O) groups is 3. The molecule has 0 aromatic carbocycles. The zero-order valence-corrected chi connectivity index (χ0v) is 8.71. The van der Waals surface area contributed by atoms with E-state index in [0.29, 0.717) is 6.54 Å². The van der Waals surface area contributed by atoms with Crippen molar-refractivity contribution in [3.8, 4) is 0 Å². The van der Waals surface area contributed by atoms with Gasteiger partial charge in [0.2, 0.25) is 5.91 Å². The molecule has 6 heteroatoms. The molecule has 0 saturated heterocycles. The minimum absolute atomic E-state index is 0.184. The van der Waals surface area contributed by atoms with Crippen LogP contribution in [0.2, 0.25) is 0 Å². The van der Waals surface area contributed by atoms with E-state index in [1.807, 2.05) is 12.2 Å². The molecule has 0 aliphatic carbocycles. The number of aliphatic carboxylic acids is 1. The molecule has 3 amide bonds. The summed E-state index contributed by atoms with van der Waals surface area (Å²) in [4.78, 5) is 32.1. The van der Waals surface area contributed by atoms with Crippen LogP contribution in [0.3, 0.4) is 0 Å². The number of imide groups is 1. The minimum atomic E-state index is -1.06. The second kappa shape index (κ2) is 7.78. The highest BCUT2D eigenvalue weighted by Crippen LogP contribution is 1.88. The molecule has 0 aliphatic heterocycles. The molecule has 3 N–H and O–H groups in total. The third kappa shape index (κ3) is 8.73. The van der Waals surface area contributed by atoms with Crippen LogP contribution in [0.25, 0.3) is 0 Å². The molecule has 0 unspecified atom stereocenters. The maximum absolute atomic E-state index is 11.0. The number of nitrogens with one attached hydrogen (secondary N) is 2. The Bertz CT molecular complexity index is 240. The molecule has 0 aromatic rings. The van der Waals surface area contributed by atoms with Crippen LogP contribution < -0.4 is 10.6 Å². The van der Waals surface area contributed by atoms with Crippen molar-refractivity contribution in [1.29, 1.82) is 0 Å². The van der Waals surface area contributed by atoms with Crippen LogP contribution in [0.4, 0.5) is 4.79 Å². The van der Waals surface area contributed by atoms with Crippen LogP contribution in [0.5, 0.6) is 0 Å². The van der Waals surface area contributed by atoms with Gasteiger partial charge >= 0.3 is 12.0 Å². The molecule has 0 aliphatic rings. The fraction of sp³-hybridized carbons (Fsp3) is 0.667. The van der Waals surface area contributed by atoms with Crippen molar-refractivity contribution in [3.05, 3.63) is 0 Å². The number of hydrogen-bond donors (Lipinski definition) is 3. The summed E-state index contributed by atoms with van der Waals surface area (Å²) in [6.45, 7) is 2.49. The van der Waals surface area contributed by atoms with Gasteiger partial charge in [-0.25, -0.2) is 4.79 Å². The van der Waals surface area contributed by atoms with Crippen LogP contribution in [0.15, 0.2) is 0 Å². The lowest BCUT2D eigenvalue weighted by Crippen LogP contribution is -2.39. The molecule has 0 radical (unpaired) electrons. The topological polar surface area (TPSA) is 95.5 Å². The maximum Gasteiger partial charge on any atom is 0.321 e. The van der Waals surface area contributed by atoms with E-state index in [1.165, 1.54) is 0 Å². The zero-order chi connectivity index (χ0) is 11.7. The molecule has 86 valence electrons. The molecular formula is C9H16N2O4. The average molecular weight is 216 g/mol. The highest BCUT2D eigenvalue weighted by Gasteiger charge is 2.08. The number of carbonyl (C=O) groups excluding carboxylic acids is 2. The van der Waals surface area contributed by atoms with Crippen molar-refractivity contribution >= 4 is 17.9 Å². The van der Waals surface area contributed by atoms with Gasteiger partial charge in [0, 0.05) is 13.0 Å². The lowest BCUT2D eigenvalue weighted by atomic mass is 10.3. The molecule has 0 aromatic heterocycles. The smallest absolute Gasteiger partial charge is 0.321 e. The second-order valence-corrected chi connectivity index (χ2v) is 3.05. The molecule has 0 atom stereocenters. The summed E-state index contributed by atoms with van der Waals surface area (Å²) in [6.07, 6.45) is 1.34. The van der Waals surface area contributed by atoms with Gasteiger partial charge in [-0.05, 0) is 6.42 Å². The molecule has 0 rings (SSSR count). The molecular weight excluding hydrogens is 200 g/mol. The number of carboxylic acids is 1. The van der Waals surface area contributed by atoms with E-state index in [2.05, 4.69) is 5.32 Å². The Labute approximate surface area is 88.0 Å². The Morgan fingerprint density at radius 1 is 1.20 bits per heavy atom. The monoisotopic (exact) mass is 216 g/mol. The summed E-state index contributed by atoms with van der Waals surface area (Å²) < 4.78 is 0. The molecule has 0 heterocycles. The van der Waals surface area contributed by atoms with Gasteiger partial charge in [0.1, 0.15) is 0 Å². The summed E-state index contributed by atoms with van der Waals surface area (Å²) in [5, 5.41) is 12.8. The lowest BCUT2D eigenvalue weighted by molar-refractivity contribution is -0.138. The molecule has 0 spiro atoms. The minimum Gasteiger partial charge on any atom is -0.481 e. The molecule has 6 nitrogen and oxygen atoms in total. The third-order valence-electron chi connectivity index (χ3n) is 1.63. The van der Waals surface area contributed by atoms with E-state index in [9.17, 15) is 14.4 Å². The number of amides is 3. The number of hydrogen-bond acceptors (Lipinski definition) is 3. The summed E-state index contributed by atoms with van der Waals surface area (Å²) in [5.74, 6) is -1.64. The Morgan fingerprint density at radius 2 is 1.87 bits per heavy atom. The summed E-state index contributed by atoms with van der Waals surface area (Å²) >= 11 is 0. The van der Waals surface area contributed by atoms with Crippen molar-refractivity contribution < 1.29 is 19.5 Å². The fourth-order valence-corrected chi connectivity index (χ4v) is 0.832. The van der Waals surface area contributed by atoms with Crippen LogP contribution in [-0.2, 0) is 9.59 Å². The first kappa shape index (κ1) is 13.4. The van der Waals surface area contributed by atoms with E-state index < -0.39 is 17.9 Å². The standard InChI is InChI=1S/C9H16N2O4/c1-2-3-6-10-9(15)11-7(12)4-5-8(13)14/h2-6H2,1H3,(H,13,14)(H2,10,11,12,15). The second-order valence-electron chi connectivity index (χ2n) is 3.05. The lowest BCUT2D eigenvalue weighted by Gasteiger charge is -2.04. The van der Waals surface area contributed by atoms with Gasteiger partial charge in [-0.15, -0.1) is 0 Å². The fourth-order valence-electron chi connectivity index (χ4n) is 0.832. The van der Waals surface area contributed by atoms with Crippen LogP contribution in [0, 0.1) is 0 Å². The zero-order valence-electron chi connectivity index (χ0n) is 8.71. The van der Waals surface area contributed by atoms with Crippen LogP contribution >= 0.6 is 0 Å². The predicted molar refractivity (Wildman–Crippen MR) is 53.3 cm³/mol. The Balaban J connectivity index is 3.58. The Hall–Kier alpha value is -1.59. The van der Waals surface area contributed by atoms with Crippen molar-refractivity contribution in [2.45, 2.75) is 32.6 Å². The van der Waals surface area contributed by atoms with E-state index >= 15 is 0 Å². The van der Waals surface area contributed by atoms with E-state index in [4.69, 9.17) is 5.11 Å². The summed E-state index contributed by atoms with van der Waals surface area (Å²) in [5.41, 5.74) is 0. The largest absolute Gasteiger partial charge is 0.481 e. The van der Waals surface area contributed by atoms with Crippen molar-refractivity contribution in [2.75, 3.05) is 6.54 Å². The van der Waals surface area contributed by atoms with Crippen LogP contribution in [0.1, 0.15) is 32.6 Å². The highest BCUT2D eigenvalue weighted by atomic mass is 16.4. The van der Waals surface area contributed by atoms with Gasteiger partial charge in [0.25, 0.3) is 0 Å². The van der Waals surface area contributed by atoms with Gasteiger partial charge in [-0.2, -0.15) is 0 Å². The number of rotatable bonds is 6. The van der Waals surface area contributed by atoms with Crippen molar-refractivity contribution in [3.63, 3.8) is 0 Å². The Kier molecular flexibility index (Phi) is 6.96. The predicted octanol–water partition coefficient (Wildman–Crippen LogP) is 0.477. The first-order chi connectivity index (χ1) is 7.06. The number of carboxylic acid groups (broad SMARTS) is 1. The first-order valence-electron chi connectivity index (χ1n) is 4.85. The average Bonchev–Trinajstić information content (AvgIpc) is 2.15. The van der Waals surface area contributed by atoms with Crippen molar-refractivity contribution in [2.24, 2.45) is 0 Å². The van der Waals surface area contributed by atoms with Crippen LogP contribution in [-0.4, -0.2) is 29.6 Å². The van der Waals surface area contributed by atoms with Gasteiger partial charge < -0.3 is 10.4 Å². The number of urea groups is 1. The molecule has 0 saturated carbocycles. The normalized spacial score (nSPS) is 9.40. The van der Waals surface area contributed by atoms with Crippen molar-refractivity contribution in [1.82, 2.24) is 10.6 Å². The molecule has 15 heavy (non-hydrogen) atoms. The van der Waals surface area contributed by atoms with E-state index in [0.717, 1.165) is 12.8 Å². The van der Waals surface area contributed by atoms with Gasteiger partial charge in [-0.1, -0.05) is 13.3 Å². The van der Waals surface area contributed by atoms with Gasteiger partial charge in [0.15, 0.2) is 0 Å². The molecule has 0 fully saturated rings. The summed E-state index contributed by atoms with van der Waals surface area (Å²) in [7, 11) is 0. The quantitative estimate of drug-likeness (QED) is 0.562. The number of unbranched alkanes of at least 4 members (excludes halogenated alkanes) is 1. The van der Waals surface area contributed by atoms with E-state index in [-0.39, 0.29) is 12.8 Å². The highest BCUT2D eigenvalue weighted by molar-refractivity contribution is 5.95. The van der Waals surface area contributed by atoms with Gasteiger partial charge in [-0.3, -0.25) is 14.9 Å². The third-order valence-corrected chi connectivity index (χ3v) is 1.63. The summed E-state index contributed by atoms with van der Waals surface area (Å²) in [6, 6.07) is -0.571.